The Morgan fingerprint density at radius 3 is 2.32 bits per heavy atom. The molecule has 1 aromatic rings. The third-order valence-corrected chi connectivity index (χ3v) is 2.74. The van der Waals surface area contributed by atoms with Crippen LogP contribution in [0, 0.1) is 11.6 Å². The average Bonchev–Trinajstić information content (AvgIpc) is 2.38. The normalized spacial score (nSPS) is 16.9. The summed E-state index contributed by atoms with van der Waals surface area (Å²) in [4.78, 5) is 23.6. The van der Waals surface area contributed by atoms with E-state index in [0.717, 1.165) is 12.1 Å². The van der Waals surface area contributed by atoms with Gasteiger partial charge in [-0.15, -0.1) is 0 Å². The highest BCUT2D eigenvalue weighted by Crippen LogP contribution is 2.27. The van der Waals surface area contributed by atoms with Crippen LogP contribution in [-0.2, 0) is 19.1 Å². The van der Waals surface area contributed by atoms with Gasteiger partial charge in [0.05, 0.1) is 6.61 Å². The molecule has 2 rings (SSSR count). The first-order valence-electron chi connectivity index (χ1n) is 6.53. The highest BCUT2D eigenvalue weighted by atomic mass is 19.2. The van der Waals surface area contributed by atoms with Gasteiger partial charge in [0.2, 0.25) is 5.82 Å². The second-order valence-corrected chi connectivity index (χ2v) is 4.98. The average molecular weight is 312 g/mol. The maximum absolute atomic E-state index is 13.5. The number of rotatable bonds is 3. The van der Waals surface area contributed by atoms with Gasteiger partial charge >= 0.3 is 11.9 Å². The molecule has 1 saturated heterocycles. The van der Waals surface area contributed by atoms with Crippen molar-refractivity contribution in [2.24, 2.45) is 0 Å². The fourth-order valence-electron chi connectivity index (χ4n) is 1.87. The van der Waals surface area contributed by atoms with E-state index in [4.69, 9.17) is 14.2 Å². The number of hydrogen-bond donors (Lipinski definition) is 0. The summed E-state index contributed by atoms with van der Waals surface area (Å²) in [5.41, 5.74) is -0.335. The number of carbonyl (C=O) groups excluding carboxylic acids is 2. The minimum atomic E-state index is -1.37. The summed E-state index contributed by atoms with van der Waals surface area (Å²) in [5.74, 6) is -5.77. The fraction of sp³-hybridized carbons (Fsp3) is 0.333. The lowest BCUT2D eigenvalue weighted by Gasteiger charge is -2.29. The number of halogens is 2. The van der Waals surface area contributed by atoms with E-state index >= 15 is 0 Å². The van der Waals surface area contributed by atoms with Gasteiger partial charge in [0.1, 0.15) is 5.57 Å². The molecule has 1 heterocycles. The molecule has 0 spiro atoms. The Morgan fingerprint density at radius 1 is 1.18 bits per heavy atom. The molecule has 0 bridgehead atoms. The van der Waals surface area contributed by atoms with Gasteiger partial charge in [-0.25, -0.2) is 14.0 Å². The van der Waals surface area contributed by atoms with E-state index < -0.39 is 34.9 Å². The quantitative estimate of drug-likeness (QED) is 0.488. The second kappa shape index (κ2) is 5.75. The lowest BCUT2D eigenvalue weighted by atomic mass is 10.1. The first-order chi connectivity index (χ1) is 10.2. The first kappa shape index (κ1) is 15.9. The summed E-state index contributed by atoms with van der Waals surface area (Å²) in [6.07, 6.45) is 1.06. The first-order valence-corrected chi connectivity index (χ1v) is 6.53. The summed E-state index contributed by atoms with van der Waals surface area (Å²) in [5, 5.41) is 0. The van der Waals surface area contributed by atoms with Crippen molar-refractivity contribution < 1.29 is 32.6 Å². The van der Waals surface area contributed by atoms with Crippen molar-refractivity contribution >= 4 is 18.0 Å². The van der Waals surface area contributed by atoms with Gasteiger partial charge in [-0.3, -0.25) is 0 Å². The lowest BCUT2D eigenvalue weighted by Crippen LogP contribution is -2.41. The highest BCUT2D eigenvalue weighted by Gasteiger charge is 2.38. The number of hydrogen-bond acceptors (Lipinski definition) is 5. The number of cyclic esters (lactones) is 2. The molecule has 1 aliphatic rings. The Labute approximate surface area is 125 Å². The standard InChI is InChI=1S/C15H14F2O5/c1-4-20-11-7-8(6-10(16)12(11)17)5-9-13(18)21-15(2,3)22-14(9)19/h5-7H,4H2,1-3H3. The van der Waals surface area contributed by atoms with Gasteiger partial charge < -0.3 is 14.2 Å². The SMILES string of the molecule is CCOc1cc(C=C2C(=O)OC(C)(C)OC2=O)cc(F)c1F. The Balaban J connectivity index is 2.41. The number of carbonyl (C=O) groups is 2. The van der Waals surface area contributed by atoms with Gasteiger partial charge in [-0.1, -0.05) is 0 Å². The van der Waals surface area contributed by atoms with Crippen LogP contribution < -0.4 is 4.74 Å². The van der Waals surface area contributed by atoms with E-state index in [2.05, 4.69) is 0 Å². The van der Waals surface area contributed by atoms with Gasteiger partial charge in [0.15, 0.2) is 11.6 Å². The van der Waals surface area contributed by atoms with Crippen molar-refractivity contribution in [2.45, 2.75) is 26.6 Å². The van der Waals surface area contributed by atoms with E-state index in [0.29, 0.717) is 0 Å². The topological polar surface area (TPSA) is 61.8 Å². The zero-order chi connectivity index (χ0) is 16.5. The molecule has 0 N–H and O–H groups in total. The molecule has 0 aliphatic carbocycles. The number of ether oxygens (including phenoxy) is 3. The van der Waals surface area contributed by atoms with E-state index in [1.165, 1.54) is 19.9 Å². The third-order valence-electron chi connectivity index (χ3n) is 2.74. The molecule has 5 nitrogen and oxygen atoms in total. The zero-order valence-corrected chi connectivity index (χ0v) is 12.2. The molecule has 1 aromatic carbocycles. The minimum absolute atomic E-state index is 0.0750. The Kier molecular flexibility index (Phi) is 4.16. The van der Waals surface area contributed by atoms with Crippen LogP contribution in [0.2, 0.25) is 0 Å². The summed E-state index contributed by atoms with van der Waals surface area (Å²) < 4.78 is 41.8. The van der Waals surface area contributed by atoms with E-state index in [1.807, 2.05) is 0 Å². The molecule has 7 heteroatoms. The van der Waals surface area contributed by atoms with Crippen LogP contribution in [0.25, 0.3) is 6.08 Å². The van der Waals surface area contributed by atoms with Crippen molar-refractivity contribution in [3.63, 3.8) is 0 Å². The molecule has 0 unspecified atom stereocenters. The zero-order valence-electron chi connectivity index (χ0n) is 12.2. The summed E-state index contributed by atoms with van der Waals surface area (Å²) in [6.45, 7) is 4.56. The van der Waals surface area contributed by atoms with E-state index in [1.54, 1.807) is 6.92 Å². The van der Waals surface area contributed by atoms with Crippen molar-refractivity contribution in [3.05, 3.63) is 34.9 Å². The summed E-state index contributed by atoms with van der Waals surface area (Å²) >= 11 is 0. The Bertz CT molecular complexity index is 642. The van der Waals surface area contributed by atoms with Crippen molar-refractivity contribution in [1.29, 1.82) is 0 Å². The third kappa shape index (κ3) is 3.24. The van der Waals surface area contributed by atoms with Crippen LogP contribution in [0.1, 0.15) is 26.3 Å². The fourth-order valence-corrected chi connectivity index (χ4v) is 1.87. The molecule has 22 heavy (non-hydrogen) atoms. The van der Waals surface area contributed by atoms with Gasteiger partial charge in [0, 0.05) is 13.8 Å². The molecule has 1 aliphatic heterocycles. The Hall–Kier alpha value is -2.44. The Morgan fingerprint density at radius 2 is 1.77 bits per heavy atom. The van der Waals surface area contributed by atoms with Gasteiger partial charge in [-0.2, -0.15) is 4.39 Å². The molecule has 0 radical (unpaired) electrons. The maximum Gasteiger partial charge on any atom is 0.348 e. The van der Waals surface area contributed by atoms with Crippen molar-refractivity contribution in [3.8, 4) is 5.75 Å². The van der Waals surface area contributed by atoms with Crippen LogP contribution >= 0.6 is 0 Å². The monoisotopic (exact) mass is 312 g/mol. The largest absolute Gasteiger partial charge is 0.491 e. The predicted molar refractivity (Wildman–Crippen MR) is 71.8 cm³/mol. The molecule has 0 saturated carbocycles. The van der Waals surface area contributed by atoms with Crippen LogP contribution in [0.5, 0.6) is 5.75 Å². The predicted octanol–water partition coefficient (Wildman–Crippen LogP) is 2.58. The number of benzene rings is 1. The second-order valence-electron chi connectivity index (χ2n) is 4.98. The van der Waals surface area contributed by atoms with Crippen molar-refractivity contribution in [2.75, 3.05) is 6.61 Å². The molecule has 118 valence electrons. The van der Waals surface area contributed by atoms with Crippen LogP contribution in [0.15, 0.2) is 17.7 Å². The molecular formula is C15H14F2O5. The van der Waals surface area contributed by atoms with Crippen LogP contribution in [-0.4, -0.2) is 24.3 Å². The molecule has 0 atom stereocenters. The van der Waals surface area contributed by atoms with Gasteiger partial charge in [-0.05, 0) is 30.7 Å². The van der Waals surface area contributed by atoms with Crippen LogP contribution in [0.3, 0.4) is 0 Å². The molecular weight excluding hydrogens is 298 g/mol. The van der Waals surface area contributed by atoms with Crippen molar-refractivity contribution in [1.82, 2.24) is 0 Å². The summed E-state index contributed by atoms with van der Waals surface area (Å²) in [7, 11) is 0. The maximum atomic E-state index is 13.5. The summed E-state index contributed by atoms with van der Waals surface area (Å²) in [6, 6.07) is 2.01. The smallest absolute Gasteiger partial charge is 0.348 e. The van der Waals surface area contributed by atoms with Crippen LogP contribution in [0.4, 0.5) is 8.78 Å². The van der Waals surface area contributed by atoms with E-state index in [-0.39, 0.29) is 17.9 Å². The highest BCUT2D eigenvalue weighted by molar-refractivity contribution is 6.18. The van der Waals surface area contributed by atoms with Gasteiger partial charge in [0.25, 0.3) is 5.79 Å². The number of esters is 2. The molecule has 1 fully saturated rings. The lowest BCUT2D eigenvalue weighted by molar-refractivity contribution is -0.222. The molecule has 0 amide bonds. The van der Waals surface area contributed by atoms with E-state index in [9.17, 15) is 18.4 Å². The minimum Gasteiger partial charge on any atom is -0.491 e. The molecule has 0 aromatic heterocycles.